The van der Waals surface area contributed by atoms with Gasteiger partial charge in [0.1, 0.15) is 11.3 Å². The lowest BCUT2D eigenvalue weighted by Crippen LogP contribution is -2.25. The molecule has 0 aliphatic carbocycles. The van der Waals surface area contributed by atoms with Gasteiger partial charge in [0, 0.05) is 27.1 Å². The second kappa shape index (κ2) is 7.11. The third kappa shape index (κ3) is 3.91. The van der Waals surface area contributed by atoms with E-state index in [1.165, 1.54) is 18.4 Å². The summed E-state index contributed by atoms with van der Waals surface area (Å²) in [7, 11) is 0. The standard InChI is InChI=1S/C19H15BrO5/c1-11(19(23)12-2-4-14(20)5-3-12)25-18(22)8-13-10-24-17-9-15(21)6-7-16(13)17/h2-7,9-11,21H,8H2,1H3/t11-/m0/s1. The Morgan fingerprint density at radius 2 is 1.92 bits per heavy atom. The summed E-state index contributed by atoms with van der Waals surface area (Å²) < 4.78 is 11.4. The first-order chi connectivity index (χ1) is 11.9. The number of ketones is 1. The van der Waals surface area contributed by atoms with E-state index in [0.29, 0.717) is 16.7 Å². The number of phenolic OH excluding ortho intramolecular Hbond substituents is 1. The molecular formula is C19H15BrO5. The van der Waals surface area contributed by atoms with Gasteiger partial charge in [-0.2, -0.15) is 0 Å². The van der Waals surface area contributed by atoms with Crippen LogP contribution >= 0.6 is 15.9 Å². The number of fused-ring (bicyclic) bond motifs is 1. The SMILES string of the molecule is C[C@H](OC(=O)Cc1coc2cc(O)ccc12)C(=O)c1ccc(Br)cc1. The summed E-state index contributed by atoms with van der Waals surface area (Å²) in [6, 6.07) is 11.5. The summed E-state index contributed by atoms with van der Waals surface area (Å²) in [6.45, 7) is 1.55. The second-order valence-corrected chi connectivity index (χ2v) is 6.54. The van der Waals surface area contributed by atoms with E-state index in [4.69, 9.17) is 9.15 Å². The van der Waals surface area contributed by atoms with Crippen LogP contribution in [0.3, 0.4) is 0 Å². The van der Waals surface area contributed by atoms with E-state index in [-0.39, 0.29) is 18.0 Å². The van der Waals surface area contributed by atoms with Crippen molar-refractivity contribution in [2.75, 3.05) is 0 Å². The van der Waals surface area contributed by atoms with Gasteiger partial charge in [-0.25, -0.2) is 0 Å². The van der Waals surface area contributed by atoms with Gasteiger partial charge in [-0.05, 0) is 31.2 Å². The Balaban J connectivity index is 1.67. The Morgan fingerprint density at radius 1 is 1.20 bits per heavy atom. The van der Waals surface area contributed by atoms with Crippen LogP contribution in [0.15, 0.2) is 57.6 Å². The minimum absolute atomic E-state index is 0.0181. The lowest BCUT2D eigenvalue weighted by molar-refractivity contribution is -0.145. The Bertz CT molecular complexity index is 927. The number of hydrogen-bond acceptors (Lipinski definition) is 5. The maximum atomic E-state index is 12.3. The minimum atomic E-state index is -0.879. The number of rotatable bonds is 5. The van der Waals surface area contributed by atoms with Crippen molar-refractivity contribution < 1.29 is 23.8 Å². The third-order valence-corrected chi connectivity index (χ3v) is 4.31. The maximum absolute atomic E-state index is 12.3. The molecule has 0 amide bonds. The molecule has 1 heterocycles. The van der Waals surface area contributed by atoms with Crippen molar-refractivity contribution in [2.45, 2.75) is 19.4 Å². The van der Waals surface area contributed by atoms with Crippen molar-refractivity contribution in [3.8, 4) is 5.75 Å². The first-order valence-electron chi connectivity index (χ1n) is 7.62. The fourth-order valence-electron chi connectivity index (χ4n) is 2.51. The van der Waals surface area contributed by atoms with Gasteiger partial charge in [0.15, 0.2) is 6.10 Å². The molecule has 1 aromatic heterocycles. The fourth-order valence-corrected chi connectivity index (χ4v) is 2.77. The first-order valence-corrected chi connectivity index (χ1v) is 8.41. The molecule has 1 atom stereocenters. The van der Waals surface area contributed by atoms with Crippen molar-refractivity contribution in [1.82, 2.24) is 0 Å². The molecule has 3 aromatic rings. The molecule has 0 radical (unpaired) electrons. The molecule has 0 aliphatic rings. The molecule has 25 heavy (non-hydrogen) atoms. The van der Waals surface area contributed by atoms with Gasteiger partial charge in [-0.15, -0.1) is 0 Å². The van der Waals surface area contributed by atoms with Crippen LogP contribution in [0.1, 0.15) is 22.8 Å². The van der Waals surface area contributed by atoms with E-state index in [2.05, 4.69) is 15.9 Å². The number of aromatic hydroxyl groups is 1. The largest absolute Gasteiger partial charge is 0.508 e. The van der Waals surface area contributed by atoms with Crippen LogP contribution in [-0.4, -0.2) is 23.0 Å². The zero-order chi connectivity index (χ0) is 18.0. The van der Waals surface area contributed by atoms with E-state index in [0.717, 1.165) is 9.86 Å². The predicted octanol–water partition coefficient (Wildman–Crippen LogP) is 4.26. The lowest BCUT2D eigenvalue weighted by Gasteiger charge is -2.12. The van der Waals surface area contributed by atoms with Crippen LogP contribution in [0.25, 0.3) is 11.0 Å². The number of benzene rings is 2. The van der Waals surface area contributed by atoms with E-state index in [1.54, 1.807) is 37.3 Å². The summed E-state index contributed by atoms with van der Waals surface area (Å²) in [4.78, 5) is 24.5. The number of hydrogen-bond donors (Lipinski definition) is 1. The highest BCUT2D eigenvalue weighted by Crippen LogP contribution is 2.25. The average Bonchev–Trinajstić information content (AvgIpc) is 2.96. The molecular weight excluding hydrogens is 388 g/mol. The van der Waals surface area contributed by atoms with Crippen LogP contribution in [0, 0.1) is 0 Å². The van der Waals surface area contributed by atoms with Crippen molar-refractivity contribution in [1.29, 1.82) is 0 Å². The molecule has 0 bridgehead atoms. The number of carbonyl (C=O) groups is 2. The Hall–Kier alpha value is -2.60. The highest BCUT2D eigenvalue weighted by atomic mass is 79.9. The van der Waals surface area contributed by atoms with Crippen molar-refractivity contribution >= 4 is 38.7 Å². The Kier molecular flexibility index (Phi) is 4.90. The highest BCUT2D eigenvalue weighted by Gasteiger charge is 2.20. The predicted molar refractivity (Wildman–Crippen MR) is 95.6 cm³/mol. The van der Waals surface area contributed by atoms with E-state index in [9.17, 15) is 14.7 Å². The summed E-state index contributed by atoms with van der Waals surface area (Å²) in [5.74, 6) is -0.693. The fraction of sp³-hybridized carbons (Fsp3) is 0.158. The molecule has 128 valence electrons. The average molecular weight is 403 g/mol. The number of furan rings is 1. The Morgan fingerprint density at radius 3 is 2.64 bits per heavy atom. The first kappa shape index (κ1) is 17.2. The van der Waals surface area contributed by atoms with E-state index < -0.39 is 12.1 Å². The third-order valence-electron chi connectivity index (χ3n) is 3.78. The van der Waals surface area contributed by atoms with E-state index >= 15 is 0 Å². The second-order valence-electron chi connectivity index (χ2n) is 5.62. The quantitative estimate of drug-likeness (QED) is 0.509. The maximum Gasteiger partial charge on any atom is 0.311 e. The summed E-state index contributed by atoms with van der Waals surface area (Å²) in [5, 5.41) is 10.2. The van der Waals surface area contributed by atoms with Crippen LogP contribution < -0.4 is 0 Å². The summed E-state index contributed by atoms with van der Waals surface area (Å²) in [6.07, 6.45) is 0.554. The molecule has 0 saturated heterocycles. The monoisotopic (exact) mass is 402 g/mol. The molecule has 0 aliphatic heterocycles. The lowest BCUT2D eigenvalue weighted by atomic mass is 10.1. The molecule has 3 rings (SSSR count). The van der Waals surface area contributed by atoms with Crippen molar-refractivity contribution in [2.24, 2.45) is 0 Å². The van der Waals surface area contributed by atoms with Crippen LogP contribution in [-0.2, 0) is 16.0 Å². The molecule has 5 nitrogen and oxygen atoms in total. The van der Waals surface area contributed by atoms with Gasteiger partial charge in [0.2, 0.25) is 5.78 Å². The van der Waals surface area contributed by atoms with Gasteiger partial charge >= 0.3 is 5.97 Å². The van der Waals surface area contributed by atoms with Gasteiger partial charge in [-0.3, -0.25) is 9.59 Å². The Labute approximate surface area is 152 Å². The number of Topliss-reactive ketones (excluding diaryl/α,β-unsaturated/α-hetero) is 1. The molecule has 2 aromatic carbocycles. The highest BCUT2D eigenvalue weighted by molar-refractivity contribution is 9.10. The van der Waals surface area contributed by atoms with Crippen molar-refractivity contribution in [3.05, 3.63) is 64.3 Å². The molecule has 6 heteroatoms. The number of ether oxygens (including phenoxy) is 1. The zero-order valence-corrected chi connectivity index (χ0v) is 14.9. The smallest absolute Gasteiger partial charge is 0.311 e. The van der Waals surface area contributed by atoms with Gasteiger partial charge in [-0.1, -0.05) is 28.1 Å². The molecule has 0 saturated carbocycles. The van der Waals surface area contributed by atoms with Gasteiger partial charge in [0.05, 0.1) is 12.7 Å². The van der Waals surface area contributed by atoms with Gasteiger partial charge in [0.25, 0.3) is 0 Å². The molecule has 0 fully saturated rings. The molecule has 0 unspecified atom stereocenters. The molecule has 0 spiro atoms. The van der Waals surface area contributed by atoms with Crippen LogP contribution in [0.4, 0.5) is 0 Å². The summed E-state index contributed by atoms with van der Waals surface area (Å²) >= 11 is 3.31. The molecule has 1 N–H and O–H groups in total. The van der Waals surface area contributed by atoms with Crippen LogP contribution in [0.5, 0.6) is 5.75 Å². The number of esters is 1. The minimum Gasteiger partial charge on any atom is -0.508 e. The number of halogens is 1. The zero-order valence-electron chi connectivity index (χ0n) is 13.4. The summed E-state index contributed by atoms with van der Waals surface area (Å²) in [5.41, 5.74) is 1.61. The van der Waals surface area contributed by atoms with Crippen LogP contribution in [0.2, 0.25) is 0 Å². The number of phenols is 1. The van der Waals surface area contributed by atoms with E-state index in [1.807, 2.05) is 0 Å². The van der Waals surface area contributed by atoms with Crippen molar-refractivity contribution in [3.63, 3.8) is 0 Å². The normalized spacial score (nSPS) is 12.1. The van der Waals surface area contributed by atoms with Gasteiger partial charge < -0.3 is 14.3 Å². The topological polar surface area (TPSA) is 76.7 Å². The number of carbonyl (C=O) groups excluding carboxylic acids is 2.